The van der Waals surface area contributed by atoms with E-state index in [9.17, 15) is 4.79 Å². The first-order valence-corrected chi connectivity index (χ1v) is 11.3. The number of benzene rings is 2. The van der Waals surface area contributed by atoms with Gasteiger partial charge in [-0.1, -0.05) is 30.3 Å². The Morgan fingerprint density at radius 3 is 2.52 bits per heavy atom. The number of imidazole rings is 1. The van der Waals surface area contributed by atoms with Crippen molar-refractivity contribution in [2.75, 3.05) is 27.3 Å². The average Bonchev–Trinajstić information content (AvgIpc) is 3.28. The first-order chi connectivity index (χ1) is 16.1. The SMILES string of the molecule is COc1cc(OC)cc(C(NC(=O)C2CCCN(Cc3ccccc3)C2)c2nccn2C)c1. The van der Waals surface area contributed by atoms with E-state index in [0.717, 1.165) is 43.9 Å². The van der Waals surface area contributed by atoms with E-state index in [1.54, 1.807) is 20.4 Å². The van der Waals surface area contributed by atoms with Crippen LogP contribution in [0.5, 0.6) is 11.5 Å². The van der Waals surface area contributed by atoms with E-state index in [4.69, 9.17) is 9.47 Å². The third-order valence-electron chi connectivity index (χ3n) is 6.24. The third-order valence-corrected chi connectivity index (χ3v) is 6.24. The lowest BCUT2D eigenvalue weighted by atomic mass is 9.95. The van der Waals surface area contributed by atoms with Crippen molar-refractivity contribution in [2.45, 2.75) is 25.4 Å². The van der Waals surface area contributed by atoms with Gasteiger partial charge in [-0.3, -0.25) is 9.69 Å². The van der Waals surface area contributed by atoms with Crippen molar-refractivity contribution < 1.29 is 14.3 Å². The van der Waals surface area contributed by atoms with Crippen molar-refractivity contribution in [3.63, 3.8) is 0 Å². The Hall–Kier alpha value is -3.32. The van der Waals surface area contributed by atoms with Crippen LogP contribution in [0.25, 0.3) is 0 Å². The molecule has 0 bridgehead atoms. The summed E-state index contributed by atoms with van der Waals surface area (Å²) in [6, 6.07) is 15.7. The predicted octanol–water partition coefficient (Wildman–Crippen LogP) is 3.56. The summed E-state index contributed by atoms with van der Waals surface area (Å²) in [5.41, 5.74) is 2.14. The topological polar surface area (TPSA) is 68.6 Å². The highest BCUT2D eigenvalue weighted by molar-refractivity contribution is 5.80. The van der Waals surface area contributed by atoms with Crippen molar-refractivity contribution in [3.05, 3.63) is 77.9 Å². The fourth-order valence-corrected chi connectivity index (χ4v) is 4.46. The van der Waals surface area contributed by atoms with E-state index in [0.29, 0.717) is 11.5 Å². The molecule has 0 spiro atoms. The van der Waals surface area contributed by atoms with Crippen LogP contribution in [0, 0.1) is 5.92 Å². The number of aryl methyl sites for hydroxylation is 1. The van der Waals surface area contributed by atoms with E-state index < -0.39 is 6.04 Å². The summed E-state index contributed by atoms with van der Waals surface area (Å²) in [7, 11) is 5.17. The zero-order valence-electron chi connectivity index (χ0n) is 19.5. The summed E-state index contributed by atoms with van der Waals surface area (Å²) in [6.07, 6.45) is 5.51. The normalized spacial score (nSPS) is 17.4. The third kappa shape index (κ3) is 5.54. The first-order valence-electron chi connectivity index (χ1n) is 11.3. The second kappa shape index (κ2) is 10.5. The van der Waals surface area contributed by atoms with Gasteiger partial charge in [-0.05, 0) is 42.6 Å². The molecule has 174 valence electrons. The van der Waals surface area contributed by atoms with Crippen LogP contribution in [0.15, 0.2) is 60.9 Å². The predicted molar refractivity (Wildman–Crippen MR) is 127 cm³/mol. The molecule has 0 aliphatic carbocycles. The summed E-state index contributed by atoms with van der Waals surface area (Å²) >= 11 is 0. The Kier molecular flexibility index (Phi) is 7.29. The van der Waals surface area contributed by atoms with Gasteiger partial charge in [0.05, 0.1) is 20.1 Å². The minimum atomic E-state index is -0.411. The Balaban J connectivity index is 1.54. The van der Waals surface area contributed by atoms with Crippen LogP contribution >= 0.6 is 0 Å². The highest BCUT2D eigenvalue weighted by Gasteiger charge is 2.29. The molecule has 7 heteroatoms. The number of carbonyl (C=O) groups is 1. The molecule has 2 heterocycles. The quantitative estimate of drug-likeness (QED) is 0.571. The molecule has 1 saturated heterocycles. The number of likely N-dealkylation sites (tertiary alicyclic amines) is 1. The van der Waals surface area contributed by atoms with Crippen molar-refractivity contribution in [3.8, 4) is 11.5 Å². The smallest absolute Gasteiger partial charge is 0.225 e. The fraction of sp³-hybridized carbons (Fsp3) is 0.385. The minimum absolute atomic E-state index is 0.0440. The molecule has 2 unspecified atom stereocenters. The molecular weight excluding hydrogens is 416 g/mol. The number of amides is 1. The van der Waals surface area contributed by atoms with E-state index in [-0.39, 0.29) is 11.8 Å². The number of rotatable bonds is 8. The van der Waals surface area contributed by atoms with Crippen LogP contribution in [0.1, 0.15) is 35.8 Å². The van der Waals surface area contributed by atoms with Crippen LogP contribution in [0.2, 0.25) is 0 Å². The van der Waals surface area contributed by atoms with Gasteiger partial charge in [-0.25, -0.2) is 4.98 Å². The highest BCUT2D eigenvalue weighted by atomic mass is 16.5. The highest BCUT2D eigenvalue weighted by Crippen LogP contribution is 2.30. The fourth-order valence-electron chi connectivity index (χ4n) is 4.46. The van der Waals surface area contributed by atoms with Gasteiger partial charge in [0.15, 0.2) is 0 Å². The van der Waals surface area contributed by atoms with Gasteiger partial charge in [0.25, 0.3) is 0 Å². The van der Waals surface area contributed by atoms with Crippen molar-refractivity contribution in [1.82, 2.24) is 19.8 Å². The zero-order chi connectivity index (χ0) is 23.2. The molecule has 33 heavy (non-hydrogen) atoms. The maximum atomic E-state index is 13.5. The molecule has 7 nitrogen and oxygen atoms in total. The number of aromatic nitrogens is 2. The molecule has 4 rings (SSSR count). The number of hydrogen-bond acceptors (Lipinski definition) is 5. The maximum Gasteiger partial charge on any atom is 0.225 e. The summed E-state index contributed by atoms with van der Waals surface area (Å²) < 4.78 is 12.9. The Bertz CT molecular complexity index is 1040. The molecule has 3 aromatic rings. The molecule has 1 aliphatic heterocycles. The molecule has 1 N–H and O–H groups in total. The van der Waals surface area contributed by atoms with Crippen LogP contribution in [-0.4, -0.2) is 47.7 Å². The molecule has 1 aliphatic rings. The number of nitrogens with one attached hydrogen (secondary N) is 1. The molecule has 1 amide bonds. The molecular formula is C26H32N4O3. The van der Waals surface area contributed by atoms with E-state index in [2.05, 4.69) is 39.5 Å². The summed E-state index contributed by atoms with van der Waals surface area (Å²) in [4.78, 5) is 20.4. The monoisotopic (exact) mass is 448 g/mol. The Labute approximate surface area is 195 Å². The molecule has 0 saturated carbocycles. The second-order valence-electron chi connectivity index (χ2n) is 8.54. The lowest BCUT2D eigenvalue weighted by Gasteiger charge is -2.33. The standard InChI is InChI=1S/C26H32N4O3/c1-29-13-11-27-25(29)24(21-14-22(32-2)16-23(15-21)33-3)28-26(31)20-10-7-12-30(18-20)17-19-8-5-4-6-9-19/h4-6,8-9,11,13-16,20,24H,7,10,12,17-18H2,1-3H3,(H,28,31). The van der Waals surface area contributed by atoms with E-state index in [1.807, 2.05) is 42.1 Å². The van der Waals surface area contributed by atoms with Crippen LogP contribution in [-0.2, 0) is 18.4 Å². The van der Waals surface area contributed by atoms with Crippen molar-refractivity contribution in [2.24, 2.45) is 13.0 Å². The Morgan fingerprint density at radius 2 is 1.88 bits per heavy atom. The van der Waals surface area contributed by atoms with Crippen LogP contribution in [0.4, 0.5) is 0 Å². The van der Waals surface area contributed by atoms with Crippen molar-refractivity contribution in [1.29, 1.82) is 0 Å². The van der Waals surface area contributed by atoms with Crippen LogP contribution in [0.3, 0.4) is 0 Å². The minimum Gasteiger partial charge on any atom is -0.497 e. The number of carbonyl (C=O) groups excluding carboxylic acids is 1. The van der Waals surface area contributed by atoms with Gasteiger partial charge in [-0.2, -0.15) is 0 Å². The molecule has 2 atom stereocenters. The van der Waals surface area contributed by atoms with Gasteiger partial charge in [0.1, 0.15) is 23.4 Å². The number of piperidine rings is 1. The summed E-state index contributed by atoms with van der Waals surface area (Å²) in [6.45, 7) is 2.62. The lowest BCUT2D eigenvalue weighted by molar-refractivity contribution is -0.127. The summed E-state index contributed by atoms with van der Waals surface area (Å²) in [5, 5.41) is 3.27. The second-order valence-corrected chi connectivity index (χ2v) is 8.54. The average molecular weight is 449 g/mol. The van der Waals surface area contributed by atoms with Gasteiger partial charge >= 0.3 is 0 Å². The van der Waals surface area contributed by atoms with Gasteiger partial charge in [0, 0.05) is 38.6 Å². The molecule has 0 radical (unpaired) electrons. The largest absolute Gasteiger partial charge is 0.497 e. The number of nitrogens with zero attached hydrogens (tertiary/aromatic N) is 3. The number of methoxy groups -OCH3 is 2. The Morgan fingerprint density at radius 1 is 1.15 bits per heavy atom. The van der Waals surface area contributed by atoms with Gasteiger partial charge in [0.2, 0.25) is 5.91 Å². The van der Waals surface area contributed by atoms with Crippen LogP contribution < -0.4 is 14.8 Å². The van der Waals surface area contributed by atoms with E-state index in [1.165, 1.54) is 5.56 Å². The maximum absolute atomic E-state index is 13.5. The first kappa shape index (κ1) is 22.9. The lowest BCUT2D eigenvalue weighted by Crippen LogP contribution is -2.44. The summed E-state index contributed by atoms with van der Waals surface area (Å²) in [5.74, 6) is 2.07. The number of ether oxygens (including phenoxy) is 2. The van der Waals surface area contributed by atoms with Gasteiger partial charge in [-0.15, -0.1) is 0 Å². The molecule has 2 aromatic carbocycles. The van der Waals surface area contributed by atoms with Gasteiger partial charge < -0.3 is 19.4 Å². The zero-order valence-corrected chi connectivity index (χ0v) is 19.5. The van der Waals surface area contributed by atoms with Crippen molar-refractivity contribution >= 4 is 5.91 Å². The molecule has 1 fully saturated rings. The number of hydrogen-bond donors (Lipinski definition) is 1. The molecule has 1 aromatic heterocycles. The van der Waals surface area contributed by atoms with E-state index >= 15 is 0 Å².